The van der Waals surface area contributed by atoms with E-state index in [2.05, 4.69) is 0 Å². The first kappa shape index (κ1) is 17.2. The summed E-state index contributed by atoms with van der Waals surface area (Å²) in [5.41, 5.74) is -1.71. The molecule has 0 aliphatic carbocycles. The zero-order valence-corrected chi connectivity index (χ0v) is 12.2. The van der Waals surface area contributed by atoms with E-state index >= 15 is 0 Å². The number of alkyl halides is 3. The van der Waals surface area contributed by atoms with Gasteiger partial charge in [0.15, 0.2) is 0 Å². The van der Waals surface area contributed by atoms with Crippen LogP contribution in [-0.4, -0.2) is 42.5 Å². The van der Waals surface area contributed by atoms with E-state index in [1.165, 1.54) is 0 Å². The van der Waals surface area contributed by atoms with Gasteiger partial charge in [0.2, 0.25) is 0 Å². The largest absolute Gasteiger partial charge is 0.416 e. The maximum atomic E-state index is 12.5. The molecular formula is C8H6ClF3NaO3S. The Hall–Kier alpha value is 0.210. The van der Waals surface area contributed by atoms with Crippen LogP contribution in [0.25, 0.3) is 0 Å². The standard InChI is InChI=1S/C8H6ClF3O3S.Na/c9-6-2-1-5(4-16(13,14)15)7(3-6)8(10,11)12;/h1-3H,4H2,(H,13,14,15);. The van der Waals surface area contributed by atoms with Gasteiger partial charge in [-0.1, -0.05) is 17.7 Å². The van der Waals surface area contributed by atoms with Crippen molar-refractivity contribution in [2.24, 2.45) is 0 Å². The van der Waals surface area contributed by atoms with E-state index in [4.69, 9.17) is 16.2 Å². The minimum atomic E-state index is -4.72. The molecule has 3 nitrogen and oxygen atoms in total. The first-order valence-corrected chi connectivity index (χ1v) is 5.89. The minimum Gasteiger partial charge on any atom is -0.285 e. The first-order chi connectivity index (χ1) is 7.09. The van der Waals surface area contributed by atoms with E-state index in [9.17, 15) is 21.6 Å². The molecule has 0 amide bonds. The van der Waals surface area contributed by atoms with Crippen molar-refractivity contribution in [2.75, 3.05) is 0 Å². The maximum Gasteiger partial charge on any atom is 0.416 e. The van der Waals surface area contributed by atoms with Crippen molar-refractivity contribution in [3.63, 3.8) is 0 Å². The van der Waals surface area contributed by atoms with E-state index in [-0.39, 0.29) is 34.6 Å². The summed E-state index contributed by atoms with van der Waals surface area (Å²) < 4.78 is 66.9. The number of hydrogen-bond donors (Lipinski definition) is 1. The Bertz CT molecular complexity index is 501. The van der Waals surface area contributed by atoms with Crippen LogP contribution in [0.5, 0.6) is 0 Å². The molecule has 0 unspecified atom stereocenters. The average Bonchev–Trinajstić information content (AvgIpc) is 2.04. The molecule has 1 N–H and O–H groups in total. The SMILES string of the molecule is O=S(=O)(O)Cc1ccc(Cl)cc1C(F)(F)F.[Na]. The van der Waals surface area contributed by atoms with Crippen molar-refractivity contribution in [3.05, 3.63) is 34.3 Å². The van der Waals surface area contributed by atoms with Crippen molar-refractivity contribution in [3.8, 4) is 0 Å². The molecule has 1 rings (SSSR count). The smallest absolute Gasteiger partial charge is 0.285 e. The number of benzene rings is 1. The summed E-state index contributed by atoms with van der Waals surface area (Å²) in [5.74, 6) is -1.10. The molecule has 0 aromatic heterocycles. The van der Waals surface area contributed by atoms with Crippen molar-refractivity contribution < 1.29 is 26.1 Å². The van der Waals surface area contributed by atoms with Gasteiger partial charge >= 0.3 is 6.18 Å². The summed E-state index contributed by atoms with van der Waals surface area (Å²) in [7, 11) is -4.52. The molecule has 0 aliphatic rings. The quantitative estimate of drug-likeness (QED) is 0.673. The number of hydrogen-bond acceptors (Lipinski definition) is 2. The molecule has 0 saturated carbocycles. The summed E-state index contributed by atoms with van der Waals surface area (Å²) in [5, 5.41) is -0.161. The summed E-state index contributed by atoms with van der Waals surface area (Å²) in [6.45, 7) is 0. The van der Waals surface area contributed by atoms with E-state index in [1.54, 1.807) is 0 Å². The summed E-state index contributed by atoms with van der Waals surface area (Å²) in [6.07, 6.45) is -4.72. The minimum absolute atomic E-state index is 0. The van der Waals surface area contributed by atoms with Crippen molar-refractivity contribution in [1.29, 1.82) is 0 Å². The molecule has 0 aliphatic heterocycles. The van der Waals surface area contributed by atoms with Gasteiger partial charge in [0, 0.05) is 34.6 Å². The predicted molar refractivity (Wildman–Crippen MR) is 57.5 cm³/mol. The second-order valence-electron chi connectivity index (χ2n) is 3.03. The molecular weight excluding hydrogens is 292 g/mol. The molecule has 0 bridgehead atoms. The molecule has 9 heteroatoms. The monoisotopic (exact) mass is 297 g/mol. The number of rotatable bonds is 2. The molecule has 0 atom stereocenters. The second kappa shape index (κ2) is 5.90. The maximum absolute atomic E-state index is 12.5. The van der Waals surface area contributed by atoms with Gasteiger partial charge in [-0.15, -0.1) is 0 Å². The van der Waals surface area contributed by atoms with Crippen LogP contribution in [0.1, 0.15) is 11.1 Å². The molecule has 17 heavy (non-hydrogen) atoms. The van der Waals surface area contributed by atoms with Crippen molar-refractivity contribution in [2.45, 2.75) is 11.9 Å². The fourth-order valence-electron chi connectivity index (χ4n) is 1.13. The van der Waals surface area contributed by atoms with Gasteiger partial charge in [-0.3, -0.25) is 4.55 Å². The normalized spacial score (nSPS) is 12.1. The summed E-state index contributed by atoms with van der Waals surface area (Å²) >= 11 is 5.38. The zero-order chi connectivity index (χ0) is 12.6. The Balaban J connectivity index is 0.00000256. The molecule has 0 heterocycles. The molecule has 1 aromatic carbocycles. The molecule has 1 aromatic rings. The Labute approximate surface area is 123 Å². The summed E-state index contributed by atoms with van der Waals surface area (Å²) in [4.78, 5) is 0. The molecule has 0 spiro atoms. The van der Waals surface area contributed by atoms with Crippen LogP contribution in [0.4, 0.5) is 13.2 Å². The predicted octanol–water partition coefficient (Wildman–Crippen LogP) is 2.37. The Morgan fingerprint density at radius 3 is 2.24 bits per heavy atom. The Morgan fingerprint density at radius 2 is 1.82 bits per heavy atom. The fraction of sp³-hybridized carbons (Fsp3) is 0.250. The van der Waals surface area contributed by atoms with Crippen molar-refractivity contribution in [1.82, 2.24) is 0 Å². The van der Waals surface area contributed by atoms with E-state index in [1.807, 2.05) is 0 Å². The van der Waals surface area contributed by atoms with Gasteiger partial charge in [-0.05, 0) is 17.7 Å². The molecule has 0 fully saturated rings. The van der Waals surface area contributed by atoms with Gasteiger partial charge < -0.3 is 0 Å². The average molecular weight is 298 g/mol. The molecule has 1 radical (unpaired) electrons. The first-order valence-electron chi connectivity index (χ1n) is 3.90. The van der Waals surface area contributed by atoms with Crippen LogP contribution in [-0.2, 0) is 22.0 Å². The zero-order valence-electron chi connectivity index (χ0n) is 8.62. The Morgan fingerprint density at radius 1 is 1.29 bits per heavy atom. The van der Waals surface area contributed by atoms with Gasteiger partial charge in [-0.2, -0.15) is 21.6 Å². The third-order valence-corrected chi connectivity index (χ3v) is 2.63. The van der Waals surface area contributed by atoms with Gasteiger partial charge in [0.05, 0.1) is 5.56 Å². The van der Waals surface area contributed by atoms with E-state index in [0.29, 0.717) is 6.07 Å². The summed E-state index contributed by atoms with van der Waals surface area (Å²) in [6, 6.07) is 2.65. The van der Waals surface area contributed by atoms with Crippen molar-refractivity contribution >= 4 is 51.3 Å². The third-order valence-electron chi connectivity index (χ3n) is 1.72. The second-order valence-corrected chi connectivity index (χ2v) is 4.91. The van der Waals surface area contributed by atoms with Gasteiger partial charge in [0.1, 0.15) is 5.75 Å². The van der Waals surface area contributed by atoms with Crippen LogP contribution in [0.3, 0.4) is 0 Å². The van der Waals surface area contributed by atoms with Gasteiger partial charge in [-0.25, -0.2) is 0 Å². The molecule has 0 saturated heterocycles. The third kappa shape index (κ3) is 5.58. The Kier molecular flexibility index (Phi) is 5.97. The van der Waals surface area contributed by atoms with Crippen LogP contribution >= 0.6 is 11.6 Å². The van der Waals surface area contributed by atoms with Crippen LogP contribution in [0.2, 0.25) is 5.02 Å². The molecule has 91 valence electrons. The van der Waals surface area contributed by atoms with E-state index < -0.39 is 33.2 Å². The number of halogens is 4. The van der Waals surface area contributed by atoms with E-state index in [0.717, 1.165) is 12.1 Å². The van der Waals surface area contributed by atoms with Crippen LogP contribution < -0.4 is 0 Å². The van der Waals surface area contributed by atoms with Crippen LogP contribution in [0.15, 0.2) is 18.2 Å². The van der Waals surface area contributed by atoms with Crippen LogP contribution in [0, 0.1) is 0 Å². The topological polar surface area (TPSA) is 54.4 Å². The van der Waals surface area contributed by atoms with Gasteiger partial charge in [0.25, 0.3) is 10.1 Å². The fourth-order valence-corrected chi connectivity index (χ4v) is 1.95.